The topological polar surface area (TPSA) is 21.3 Å². The van der Waals surface area contributed by atoms with Gasteiger partial charge in [0, 0.05) is 26.2 Å². The van der Waals surface area contributed by atoms with E-state index in [1.54, 1.807) is 7.05 Å². The van der Waals surface area contributed by atoms with Crippen molar-refractivity contribution < 1.29 is 9.13 Å². The van der Waals surface area contributed by atoms with Crippen LogP contribution in [-0.4, -0.2) is 33.0 Å². The Hall–Kier alpha value is -0.150. The predicted molar refractivity (Wildman–Crippen MR) is 39.9 cm³/mol. The molecule has 0 aromatic carbocycles. The average molecular weight is 149 g/mol. The Morgan fingerprint density at radius 1 is 1.60 bits per heavy atom. The highest BCUT2D eigenvalue weighted by atomic mass is 19.1. The molecule has 2 nitrogen and oxygen atoms in total. The third kappa shape index (κ3) is 5.98. The summed E-state index contributed by atoms with van der Waals surface area (Å²) in [7, 11) is 1.74. The second-order valence-electron chi connectivity index (χ2n) is 2.14. The summed E-state index contributed by atoms with van der Waals surface area (Å²) in [6.45, 7) is 3.53. The maximum absolute atomic E-state index is 12.6. The van der Waals surface area contributed by atoms with E-state index in [1.807, 2.05) is 6.92 Å². The highest BCUT2D eigenvalue weighted by Gasteiger charge is 2.02. The molecule has 0 saturated heterocycles. The van der Waals surface area contributed by atoms with Gasteiger partial charge in [-0.15, -0.1) is 0 Å². The van der Waals surface area contributed by atoms with E-state index in [-0.39, 0.29) is 0 Å². The number of halogens is 1. The normalized spacial score (nSPS) is 13.5. The smallest absolute Gasteiger partial charge is 0.115 e. The lowest BCUT2D eigenvalue weighted by molar-refractivity contribution is 0.122. The average Bonchev–Trinajstić information content (AvgIpc) is 1.89. The molecule has 0 saturated carbocycles. The first kappa shape index (κ1) is 9.85. The maximum Gasteiger partial charge on any atom is 0.115 e. The van der Waals surface area contributed by atoms with Crippen LogP contribution in [-0.2, 0) is 4.74 Å². The molecule has 10 heavy (non-hydrogen) atoms. The summed E-state index contributed by atoms with van der Waals surface area (Å²) in [4.78, 5) is 0. The minimum atomic E-state index is -0.767. The Labute approximate surface area is 61.8 Å². The standard InChI is InChI=1S/C7H16FNO/c1-3-10-5-4-7(8)6-9-2/h7,9H,3-6H2,1-2H3. The Balaban J connectivity index is 2.97. The van der Waals surface area contributed by atoms with Crippen LogP contribution in [0.3, 0.4) is 0 Å². The SMILES string of the molecule is CCOCCC(F)CNC. The van der Waals surface area contributed by atoms with Gasteiger partial charge in [-0.2, -0.15) is 0 Å². The van der Waals surface area contributed by atoms with Gasteiger partial charge in [-0.05, 0) is 14.0 Å². The van der Waals surface area contributed by atoms with E-state index in [4.69, 9.17) is 4.74 Å². The molecule has 0 aliphatic carbocycles. The first-order valence-electron chi connectivity index (χ1n) is 3.67. The van der Waals surface area contributed by atoms with Crippen LogP contribution >= 0.6 is 0 Å². The van der Waals surface area contributed by atoms with Crippen molar-refractivity contribution in [2.75, 3.05) is 26.8 Å². The van der Waals surface area contributed by atoms with E-state index in [0.717, 1.165) is 0 Å². The van der Waals surface area contributed by atoms with Gasteiger partial charge in [0.25, 0.3) is 0 Å². The monoisotopic (exact) mass is 149 g/mol. The number of nitrogens with one attached hydrogen (secondary N) is 1. The Morgan fingerprint density at radius 2 is 2.30 bits per heavy atom. The van der Waals surface area contributed by atoms with Crippen LogP contribution in [0.1, 0.15) is 13.3 Å². The van der Waals surface area contributed by atoms with Crippen molar-refractivity contribution in [2.24, 2.45) is 0 Å². The fourth-order valence-corrected chi connectivity index (χ4v) is 0.679. The summed E-state index contributed by atoms with van der Waals surface area (Å²) < 4.78 is 17.6. The zero-order valence-corrected chi connectivity index (χ0v) is 6.69. The highest BCUT2D eigenvalue weighted by molar-refractivity contribution is 4.56. The Morgan fingerprint density at radius 3 is 2.80 bits per heavy atom. The van der Waals surface area contributed by atoms with E-state index in [9.17, 15) is 4.39 Å². The molecule has 0 aromatic rings. The number of alkyl halides is 1. The van der Waals surface area contributed by atoms with Crippen molar-refractivity contribution in [3.05, 3.63) is 0 Å². The molecule has 3 heteroatoms. The highest BCUT2D eigenvalue weighted by Crippen LogP contribution is 1.95. The van der Waals surface area contributed by atoms with Gasteiger partial charge < -0.3 is 10.1 Å². The first-order valence-corrected chi connectivity index (χ1v) is 3.67. The van der Waals surface area contributed by atoms with Gasteiger partial charge >= 0.3 is 0 Å². The molecule has 1 atom stereocenters. The van der Waals surface area contributed by atoms with Crippen molar-refractivity contribution >= 4 is 0 Å². The largest absolute Gasteiger partial charge is 0.382 e. The molecule has 0 rings (SSSR count). The van der Waals surface area contributed by atoms with Gasteiger partial charge in [0.2, 0.25) is 0 Å². The summed E-state index contributed by atoms with van der Waals surface area (Å²) in [5.41, 5.74) is 0. The van der Waals surface area contributed by atoms with E-state index >= 15 is 0 Å². The molecule has 62 valence electrons. The fraction of sp³-hybridized carbons (Fsp3) is 1.00. The molecule has 0 aromatic heterocycles. The van der Waals surface area contributed by atoms with Crippen molar-refractivity contribution in [2.45, 2.75) is 19.5 Å². The molecule has 0 bridgehead atoms. The molecule has 0 fully saturated rings. The minimum Gasteiger partial charge on any atom is -0.382 e. The lowest BCUT2D eigenvalue weighted by Crippen LogP contribution is -2.21. The molecule has 0 heterocycles. The molecule has 1 N–H and O–H groups in total. The molecule has 0 radical (unpaired) electrons. The van der Waals surface area contributed by atoms with Crippen LogP contribution in [0.5, 0.6) is 0 Å². The molecule has 1 unspecified atom stereocenters. The molecule has 0 aliphatic heterocycles. The van der Waals surface area contributed by atoms with Gasteiger partial charge in [0.1, 0.15) is 6.17 Å². The molecular formula is C7H16FNO. The van der Waals surface area contributed by atoms with E-state index in [1.165, 1.54) is 0 Å². The van der Waals surface area contributed by atoms with Crippen LogP contribution in [0.4, 0.5) is 4.39 Å². The van der Waals surface area contributed by atoms with Gasteiger partial charge in [-0.25, -0.2) is 4.39 Å². The van der Waals surface area contributed by atoms with E-state index in [2.05, 4.69) is 5.32 Å². The number of hydrogen-bond donors (Lipinski definition) is 1. The van der Waals surface area contributed by atoms with Gasteiger partial charge in [0.05, 0.1) is 0 Å². The summed E-state index contributed by atoms with van der Waals surface area (Å²) >= 11 is 0. The zero-order valence-electron chi connectivity index (χ0n) is 6.69. The summed E-state index contributed by atoms with van der Waals surface area (Å²) in [5, 5.41) is 2.76. The van der Waals surface area contributed by atoms with Crippen molar-refractivity contribution in [3.63, 3.8) is 0 Å². The van der Waals surface area contributed by atoms with Gasteiger partial charge in [-0.3, -0.25) is 0 Å². The number of hydrogen-bond acceptors (Lipinski definition) is 2. The third-order valence-electron chi connectivity index (χ3n) is 1.21. The number of ether oxygens (including phenoxy) is 1. The van der Waals surface area contributed by atoms with Crippen LogP contribution < -0.4 is 5.32 Å². The quantitative estimate of drug-likeness (QED) is 0.568. The van der Waals surface area contributed by atoms with Crippen molar-refractivity contribution in [3.8, 4) is 0 Å². The van der Waals surface area contributed by atoms with Crippen LogP contribution in [0.25, 0.3) is 0 Å². The second-order valence-corrected chi connectivity index (χ2v) is 2.14. The maximum atomic E-state index is 12.6. The molecular weight excluding hydrogens is 133 g/mol. The predicted octanol–water partition coefficient (Wildman–Crippen LogP) is 0.971. The third-order valence-corrected chi connectivity index (χ3v) is 1.21. The summed E-state index contributed by atoms with van der Waals surface area (Å²) in [6, 6.07) is 0. The van der Waals surface area contributed by atoms with Crippen LogP contribution in [0, 0.1) is 0 Å². The molecule has 0 spiro atoms. The number of rotatable bonds is 6. The van der Waals surface area contributed by atoms with Crippen molar-refractivity contribution in [1.29, 1.82) is 0 Å². The lowest BCUT2D eigenvalue weighted by Gasteiger charge is -2.06. The minimum absolute atomic E-state index is 0.424. The van der Waals surface area contributed by atoms with E-state index < -0.39 is 6.17 Å². The Kier molecular flexibility index (Phi) is 6.86. The zero-order chi connectivity index (χ0) is 7.82. The summed E-state index contributed by atoms with van der Waals surface area (Å²) in [5.74, 6) is 0. The van der Waals surface area contributed by atoms with Crippen molar-refractivity contribution in [1.82, 2.24) is 5.32 Å². The first-order chi connectivity index (χ1) is 4.81. The molecule has 0 aliphatic rings. The van der Waals surface area contributed by atoms with Gasteiger partial charge in [-0.1, -0.05) is 0 Å². The van der Waals surface area contributed by atoms with E-state index in [0.29, 0.717) is 26.2 Å². The summed E-state index contributed by atoms with van der Waals surface area (Å²) in [6.07, 6.45) is -0.272. The van der Waals surface area contributed by atoms with Crippen LogP contribution in [0.2, 0.25) is 0 Å². The second kappa shape index (κ2) is 6.96. The van der Waals surface area contributed by atoms with Gasteiger partial charge in [0.15, 0.2) is 0 Å². The Bertz CT molecular complexity index is 70.6. The fourth-order valence-electron chi connectivity index (χ4n) is 0.679. The lowest BCUT2D eigenvalue weighted by atomic mass is 10.3. The molecule has 0 amide bonds. The van der Waals surface area contributed by atoms with Crippen LogP contribution in [0.15, 0.2) is 0 Å².